The second-order valence-corrected chi connectivity index (χ2v) is 8.31. The second-order valence-electron chi connectivity index (χ2n) is 8.31. The highest BCUT2D eigenvalue weighted by atomic mass is 19.4. The number of imidazole rings is 1. The predicted molar refractivity (Wildman–Crippen MR) is 128 cm³/mol. The molecule has 2 aromatic carbocycles. The van der Waals surface area contributed by atoms with Gasteiger partial charge in [0.15, 0.2) is 5.69 Å². The first kappa shape index (κ1) is 23.1. The predicted octanol–water partition coefficient (Wildman–Crippen LogP) is 5.10. The number of halogens is 3. The summed E-state index contributed by atoms with van der Waals surface area (Å²) < 4.78 is 39.8. The summed E-state index contributed by atoms with van der Waals surface area (Å²) in [7, 11) is 0. The molecule has 0 aliphatic heterocycles. The van der Waals surface area contributed by atoms with Gasteiger partial charge in [-0.3, -0.25) is 9.20 Å². The molecule has 0 spiro atoms. The maximum Gasteiger partial charge on any atom is 0.416 e. The Hall–Kier alpha value is -4.61. The van der Waals surface area contributed by atoms with Gasteiger partial charge in [0.2, 0.25) is 0 Å². The lowest BCUT2D eigenvalue weighted by molar-refractivity contribution is -0.137. The number of nitrogens with one attached hydrogen (secondary N) is 3. The Morgan fingerprint density at radius 2 is 1.47 bits per heavy atom. The molecule has 1 aliphatic rings. The van der Waals surface area contributed by atoms with Crippen molar-refractivity contribution in [3.8, 4) is 0 Å². The lowest BCUT2D eigenvalue weighted by Crippen LogP contribution is -2.19. The summed E-state index contributed by atoms with van der Waals surface area (Å²) in [5, 5.41) is 7.81. The number of benzene rings is 2. The minimum absolute atomic E-state index is 0.181. The van der Waals surface area contributed by atoms with Crippen LogP contribution in [0.4, 0.5) is 40.8 Å². The maximum atomic E-state index is 13.0. The molecule has 0 saturated heterocycles. The number of hydrogen-bond donors (Lipinski definition) is 4. The molecule has 184 valence electrons. The number of alkyl halides is 3. The zero-order chi connectivity index (χ0) is 25.4. The van der Waals surface area contributed by atoms with E-state index in [0.29, 0.717) is 22.8 Å². The van der Waals surface area contributed by atoms with Crippen molar-refractivity contribution in [2.24, 2.45) is 0 Å². The van der Waals surface area contributed by atoms with Crippen molar-refractivity contribution >= 4 is 40.3 Å². The maximum absolute atomic E-state index is 13.0. The summed E-state index contributed by atoms with van der Waals surface area (Å²) >= 11 is 0. The largest absolute Gasteiger partial charge is 0.416 e. The number of anilines is 4. The monoisotopic (exact) mass is 495 g/mol. The number of fused-ring (bicyclic) bond motifs is 1. The van der Waals surface area contributed by atoms with Crippen molar-refractivity contribution < 1.29 is 22.8 Å². The number of nitrogens with two attached hydrogens (primary N) is 1. The van der Waals surface area contributed by atoms with Crippen LogP contribution in [-0.2, 0) is 6.18 Å². The SMILES string of the molecule is Nc1nccn2c(C3CC3)nc(C(=O)Nc3ccc(NC(=O)Nc4ccc(C(F)(F)F)cc4)cc3)c12. The number of hydrogen-bond acceptors (Lipinski definition) is 5. The van der Waals surface area contributed by atoms with E-state index in [1.165, 1.54) is 0 Å². The van der Waals surface area contributed by atoms with Gasteiger partial charge in [0, 0.05) is 35.4 Å². The molecular weight excluding hydrogens is 475 g/mol. The quantitative estimate of drug-likeness (QED) is 0.306. The number of urea groups is 1. The summed E-state index contributed by atoms with van der Waals surface area (Å²) in [6.45, 7) is 0. The van der Waals surface area contributed by atoms with Crippen LogP contribution in [0.5, 0.6) is 0 Å². The fourth-order valence-corrected chi connectivity index (χ4v) is 3.74. The lowest BCUT2D eigenvalue weighted by atomic mass is 10.2. The van der Waals surface area contributed by atoms with E-state index < -0.39 is 23.7 Å². The van der Waals surface area contributed by atoms with Crippen LogP contribution in [0.15, 0.2) is 60.9 Å². The van der Waals surface area contributed by atoms with E-state index in [1.807, 2.05) is 0 Å². The highest BCUT2D eigenvalue weighted by molar-refractivity contribution is 6.09. The van der Waals surface area contributed by atoms with Gasteiger partial charge in [0.25, 0.3) is 5.91 Å². The Balaban J connectivity index is 1.23. The molecular formula is C24H20F3N7O2. The third-order valence-electron chi connectivity index (χ3n) is 5.64. The van der Waals surface area contributed by atoms with E-state index in [4.69, 9.17) is 5.73 Å². The molecule has 3 amide bonds. The molecule has 1 fully saturated rings. The van der Waals surface area contributed by atoms with Crippen LogP contribution < -0.4 is 21.7 Å². The topological polar surface area (TPSA) is 126 Å². The van der Waals surface area contributed by atoms with Crippen LogP contribution in [0.25, 0.3) is 5.52 Å². The number of nitrogens with zero attached hydrogens (tertiary/aromatic N) is 3. The highest BCUT2D eigenvalue weighted by Crippen LogP contribution is 2.40. The molecule has 36 heavy (non-hydrogen) atoms. The lowest BCUT2D eigenvalue weighted by Gasteiger charge is -2.10. The van der Waals surface area contributed by atoms with E-state index in [1.54, 1.807) is 41.1 Å². The zero-order valence-corrected chi connectivity index (χ0v) is 18.6. The Kier molecular flexibility index (Phi) is 5.71. The number of carbonyl (C=O) groups excluding carboxylic acids is 2. The molecule has 1 aliphatic carbocycles. The Morgan fingerprint density at radius 3 is 2.03 bits per heavy atom. The van der Waals surface area contributed by atoms with E-state index in [9.17, 15) is 22.8 Å². The first-order valence-electron chi connectivity index (χ1n) is 11.0. The fourth-order valence-electron chi connectivity index (χ4n) is 3.74. The van der Waals surface area contributed by atoms with Crippen molar-refractivity contribution in [2.75, 3.05) is 21.7 Å². The van der Waals surface area contributed by atoms with Gasteiger partial charge >= 0.3 is 12.2 Å². The third-order valence-corrected chi connectivity index (χ3v) is 5.64. The summed E-state index contributed by atoms with van der Waals surface area (Å²) in [6, 6.07) is 9.78. The van der Waals surface area contributed by atoms with E-state index in [0.717, 1.165) is 42.9 Å². The minimum atomic E-state index is -4.45. The van der Waals surface area contributed by atoms with Crippen LogP contribution in [0.1, 0.15) is 40.6 Å². The van der Waals surface area contributed by atoms with E-state index in [-0.39, 0.29) is 17.2 Å². The number of amides is 3. The molecule has 0 atom stereocenters. The second kappa shape index (κ2) is 8.87. The first-order valence-corrected chi connectivity index (χ1v) is 11.0. The van der Waals surface area contributed by atoms with Crippen LogP contribution in [0, 0.1) is 0 Å². The molecule has 2 aromatic heterocycles. The standard InChI is InChI=1S/C24H20F3N7O2/c25-24(26,27)14-3-5-16(6-4-14)31-23(36)32-17-9-7-15(8-10-17)30-22(35)18-19-20(28)29-11-12-34(19)21(33-18)13-1-2-13/h3-13H,1-2H2,(H2,28,29)(H,30,35)(H2,31,32,36). The van der Waals surface area contributed by atoms with Gasteiger partial charge in [-0.15, -0.1) is 0 Å². The van der Waals surface area contributed by atoms with Gasteiger partial charge in [0.1, 0.15) is 17.2 Å². The highest BCUT2D eigenvalue weighted by Gasteiger charge is 2.32. The Bertz CT molecular complexity index is 1440. The van der Waals surface area contributed by atoms with Gasteiger partial charge in [-0.05, 0) is 61.4 Å². The summed E-state index contributed by atoms with van der Waals surface area (Å²) in [5.74, 6) is 0.836. The van der Waals surface area contributed by atoms with Crippen LogP contribution in [0.3, 0.4) is 0 Å². The molecule has 9 nitrogen and oxygen atoms in total. The van der Waals surface area contributed by atoms with Gasteiger partial charge in [-0.2, -0.15) is 13.2 Å². The summed E-state index contributed by atoms with van der Waals surface area (Å²) in [4.78, 5) is 33.8. The molecule has 0 unspecified atom stereocenters. The van der Waals surface area contributed by atoms with Crippen molar-refractivity contribution in [3.63, 3.8) is 0 Å². The number of carbonyl (C=O) groups is 2. The van der Waals surface area contributed by atoms with Crippen LogP contribution in [-0.4, -0.2) is 26.3 Å². The molecule has 4 aromatic rings. The minimum Gasteiger partial charge on any atom is -0.382 e. The fraction of sp³-hybridized carbons (Fsp3) is 0.167. The first-order chi connectivity index (χ1) is 17.2. The van der Waals surface area contributed by atoms with Gasteiger partial charge < -0.3 is 21.7 Å². The molecule has 12 heteroatoms. The molecule has 0 bridgehead atoms. The molecule has 2 heterocycles. The normalized spacial score (nSPS) is 13.4. The van der Waals surface area contributed by atoms with Crippen molar-refractivity contribution in [1.29, 1.82) is 0 Å². The third kappa shape index (κ3) is 4.78. The zero-order valence-electron chi connectivity index (χ0n) is 18.6. The summed E-state index contributed by atoms with van der Waals surface area (Å²) in [5.41, 5.74) is 6.93. The van der Waals surface area contributed by atoms with Gasteiger partial charge in [0.05, 0.1) is 5.56 Å². The molecule has 5 N–H and O–H groups in total. The number of nitrogen functional groups attached to an aromatic ring is 1. The number of rotatable bonds is 5. The van der Waals surface area contributed by atoms with Gasteiger partial charge in [-0.1, -0.05) is 0 Å². The van der Waals surface area contributed by atoms with Gasteiger partial charge in [-0.25, -0.2) is 14.8 Å². The van der Waals surface area contributed by atoms with E-state index >= 15 is 0 Å². The van der Waals surface area contributed by atoms with E-state index in [2.05, 4.69) is 25.9 Å². The Morgan fingerprint density at radius 1 is 0.917 bits per heavy atom. The summed E-state index contributed by atoms with van der Waals surface area (Å²) in [6.07, 6.45) is 0.856. The molecule has 0 radical (unpaired) electrons. The average Bonchev–Trinajstić information content (AvgIpc) is 3.60. The van der Waals surface area contributed by atoms with Crippen molar-refractivity contribution in [1.82, 2.24) is 14.4 Å². The smallest absolute Gasteiger partial charge is 0.382 e. The van der Waals surface area contributed by atoms with Crippen molar-refractivity contribution in [3.05, 3.63) is 78.0 Å². The van der Waals surface area contributed by atoms with Crippen molar-refractivity contribution in [2.45, 2.75) is 24.9 Å². The van der Waals surface area contributed by atoms with Crippen LogP contribution in [0.2, 0.25) is 0 Å². The average molecular weight is 495 g/mol. The number of aromatic nitrogens is 3. The molecule has 5 rings (SSSR count). The molecule has 1 saturated carbocycles. The van der Waals surface area contributed by atoms with Crippen LogP contribution >= 0.6 is 0 Å². The Labute approximate surface area is 202 Å².